The summed E-state index contributed by atoms with van der Waals surface area (Å²) in [6.07, 6.45) is 0.784. The minimum Gasteiger partial charge on any atom is -0.481 e. The summed E-state index contributed by atoms with van der Waals surface area (Å²) in [5.41, 5.74) is -0.303. The Kier molecular flexibility index (Phi) is 7.06. The second-order valence-electron chi connectivity index (χ2n) is 3.27. The van der Waals surface area contributed by atoms with E-state index in [2.05, 4.69) is 17.9 Å². The fraction of sp³-hybridized carbons (Fsp3) is 0.364. The number of hydrogen-bond acceptors (Lipinski definition) is 5. The van der Waals surface area contributed by atoms with Gasteiger partial charge in [0.05, 0.1) is 13.0 Å². The molecule has 1 rings (SSSR count). The number of ether oxygens (including phenoxy) is 2. The number of carbonyl (C=O) groups is 3. The van der Waals surface area contributed by atoms with Gasteiger partial charge in [-0.1, -0.05) is 13.2 Å². The highest BCUT2D eigenvalue weighted by atomic mass is 16.6. The van der Waals surface area contributed by atoms with Gasteiger partial charge in [-0.25, -0.2) is 9.59 Å². The lowest BCUT2D eigenvalue weighted by atomic mass is 10.2. The van der Waals surface area contributed by atoms with E-state index in [1.165, 1.54) is 0 Å². The van der Waals surface area contributed by atoms with Crippen molar-refractivity contribution in [3.05, 3.63) is 24.8 Å². The molecule has 0 aliphatic carbocycles. The molecule has 2 N–H and O–H groups in total. The number of carbonyl (C=O) groups excluding carboxylic acids is 1. The molecule has 1 aliphatic heterocycles. The second kappa shape index (κ2) is 8.02. The summed E-state index contributed by atoms with van der Waals surface area (Å²) >= 11 is 0. The highest BCUT2D eigenvalue weighted by Gasteiger charge is 2.23. The highest BCUT2D eigenvalue weighted by Crippen LogP contribution is 2.08. The Labute approximate surface area is 103 Å². The van der Waals surface area contributed by atoms with Gasteiger partial charge in [-0.15, -0.1) is 0 Å². The molecule has 0 aromatic carbocycles. The third-order valence-electron chi connectivity index (χ3n) is 1.65. The molecule has 0 bridgehead atoms. The van der Waals surface area contributed by atoms with E-state index in [0.717, 1.165) is 6.08 Å². The number of epoxide rings is 1. The van der Waals surface area contributed by atoms with E-state index in [9.17, 15) is 14.4 Å². The SMILES string of the molecule is C=C(CC(=O)O)C(=O)O.C=CC(=O)OCC1CO1. The van der Waals surface area contributed by atoms with Gasteiger partial charge >= 0.3 is 17.9 Å². The summed E-state index contributed by atoms with van der Waals surface area (Å²) in [5.74, 6) is -2.83. The molecular weight excluding hydrogens is 244 g/mol. The molecule has 0 amide bonds. The number of esters is 1. The van der Waals surface area contributed by atoms with Crippen LogP contribution in [0.4, 0.5) is 0 Å². The van der Waals surface area contributed by atoms with Crippen molar-refractivity contribution in [1.82, 2.24) is 0 Å². The smallest absolute Gasteiger partial charge is 0.331 e. The van der Waals surface area contributed by atoms with Crippen LogP contribution >= 0.6 is 0 Å². The largest absolute Gasteiger partial charge is 0.481 e. The lowest BCUT2D eigenvalue weighted by Gasteiger charge is -1.94. The molecule has 1 fully saturated rings. The van der Waals surface area contributed by atoms with E-state index < -0.39 is 18.4 Å². The summed E-state index contributed by atoms with van der Waals surface area (Å²) in [7, 11) is 0. The molecule has 1 atom stereocenters. The third kappa shape index (κ3) is 9.10. The Bertz CT molecular complexity index is 354. The van der Waals surface area contributed by atoms with Gasteiger partial charge < -0.3 is 19.7 Å². The average Bonchev–Trinajstić information content (AvgIpc) is 3.09. The topological polar surface area (TPSA) is 113 Å². The van der Waals surface area contributed by atoms with Gasteiger partial charge in [0, 0.05) is 11.6 Å². The van der Waals surface area contributed by atoms with E-state index in [-0.39, 0.29) is 17.6 Å². The zero-order valence-corrected chi connectivity index (χ0v) is 9.63. The second-order valence-corrected chi connectivity index (χ2v) is 3.27. The maximum Gasteiger partial charge on any atom is 0.331 e. The quantitative estimate of drug-likeness (QED) is 0.398. The Morgan fingerprint density at radius 2 is 1.94 bits per heavy atom. The van der Waals surface area contributed by atoms with Gasteiger partial charge in [-0.05, 0) is 0 Å². The molecule has 1 heterocycles. The number of carboxylic acid groups (broad SMARTS) is 2. The average molecular weight is 258 g/mol. The number of aliphatic carboxylic acids is 2. The molecule has 100 valence electrons. The maximum absolute atomic E-state index is 10.3. The van der Waals surface area contributed by atoms with Gasteiger partial charge in [0.2, 0.25) is 0 Å². The van der Waals surface area contributed by atoms with Crippen LogP contribution in [0.5, 0.6) is 0 Å². The predicted molar refractivity (Wildman–Crippen MR) is 59.9 cm³/mol. The van der Waals surface area contributed by atoms with Crippen molar-refractivity contribution in [2.45, 2.75) is 12.5 Å². The molecule has 0 saturated carbocycles. The molecular formula is C11H14O7. The maximum atomic E-state index is 10.3. The summed E-state index contributed by atoms with van der Waals surface area (Å²) in [4.78, 5) is 30.0. The van der Waals surface area contributed by atoms with Gasteiger partial charge in [0.1, 0.15) is 12.7 Å². The molecule has 7 nitrogen and oxygen atoms in total. The standard InChI is InChI=1S/C6H8O3.C5H6O4/c1-2-6(7)9-4-5-3-8-5;1-3(5(8)9)2-4(6)7/h2,5H,1,3-4H2;1-2H2,(H,6,7)(H,8,9). The lowest BCUT2D eigenvalue weighted by Crippen LogP contribution is -2.06. The number of rotatable bonds is 6. The van der Waals surface area contributed by atoms with Crippen LogP contribution in [0.3, 0.4) is 0 Å². The fourth-order valence-electron chi connectivity index (χ4n) is 0.656. The molecule has 1 unspecified atom stereocenters. The molecule has 1 saturated heterocycles. The van der Waals surface area contributed by atoms with Crippen LogP contribution in [0.15, 0.2) is 24.8 Å². The van der Waals surface area contributed by atoms with Crippen molar-refractivity contribution in [1.29, 1.82) is 0 Å². The molecule has 0 aromatic rings. The van der Waals surface area contributed by atoms with Crippen LogP contribution in [-0.2, 0) is 23.9 Å². The normalized spacial score (nSPS) is 15.7. The van der Waals surface area contributed by atoms with Gasteiger partial charge in [0.15, 0.2) is 0 Å². The van der Waals surface area contributed by atoms with E-state index in [1.807, 2.05) is 0 Å². The van der Waals surface area contributed by atoms with E-state index in [0.29, 0.717) is 13.2 Å². The fourth-order valence-corrected chi connectivity index (χ4v) is 0.656. The van der Waals surface area contributed by atoms with E-state index >= 15 is 0 Å². The molecule has 0 radical (unpaired) electrons. The lowest BCUT2D eigenvalue weighted by molar-refractivity contribution is -0.139. The van der Waals surface area contributed by atoms with Crippen LogP contribution < -0.4 is 0 Å². The van der Waals surface area contributed by atoms with Crippen LogP contribution in [0, 0.1) is 0 Å². The van der Waals surface area contributed by atoms with Crippen LogP contribution in [0.1, 0.15) is 6.42 Å². The highest BCUT2D eigenvalue weighted by molar-refractivity contribution is 5.91. The first-order valence-corrected chi connectivity index (χ1v) is 4.90. The predicted octanol–water partition coefficient (Wildman–Crippen LogP) is 0.216. The Balaban J connectivity index is 0.000000321. The summed E-state index contributed by atoms with van der Waals surface area (Å²) in [6.45, 7) is 7.34. The van der Waals surface area contributed by atoms with Gasteiger partial charge in [0.25, 0.3) is 0 Å². The Hall–Kier alpha value is -2.15. The van der Waals surface area contributed by atoms with E-state index in [1.54, 1.807) is 0 Å². The molecule has 7 heteroatoms. The zero-order valence-electron chi connectivity index (χ0n) is 9.63. The molecule has 18 heavy (non-hydrogen) atoms. The van der Waals surface area contributed by atoms with Crippen LogP contribution in [0.25, 0.3) is 0 Å². The Morgan fingerprint density at radius 3 is 2.22 bits per heavy atom. The third-order valence-corrected chi connectivity index (χ3v) is 1.65. The minimum absolute atomic E-state index is 0.147. The van der Waals surface area contributed by atoms with Crippen molar-refractivity contribution in [3.63, 3.8) is 0 Å². The van der Waals surface area contributed by atoms with Crippen molar-refractivity contribution >= 4 is 17.9 Å². The zero-order chi connectivity index (χ0) is 14.1. The summed E-state index contributed by atoms with van der Waals surface area (Å²) in [5, 5.41) is 16.1. The molecule has 0 spiro atoms. The van der Waals surface area contributed by atoms with Crippen molar-refractivity contribution in [3.8, 4) is 0 Å². The first-order valence-electron chi connectivity index (χ1n) is 4.90. The minimum atomic E-state index is -1.27. The van der Waals surface area contributed by atoms with Crippen molar-refractivity contribution in [2.75, 3.05) is 13.2 Å². The van der Waals surface area contributed by atoms with Gasteiger partial charge in [-0.3, -0.25) is 4.79 Å². The summed E-state index contributed by atoms with van der Waals surface area (Å²) in [6, 6.07) is 0. The summed E-state index contributed by atoms with van der Waals surface area (Å²) < 4.78 is 9.42. The number of hydrogen-bond donors (Lipinski definition) is 2. The van der Waals surface area contributed by atoms with Crippen LogP contribution in [-0.4, -0.2) is 47.4 Å². The van der Waals surface area contributed by atoms with Crippen molar-refractivity contribution in [2.24, 2.45) is 0 Å². The van der Waals surface area contributed by atoms with Gasteiger partial charge in [-0.2, -0.15) is 0 Å². The Morgan fingerprint density at radius 1 is 1.39 bits per heavy atom. The first-order chi connectivity index (χ1) is 8.36. The van der Waals surface area contributed by atoms with Crippen LogP contribution in [0.2, 0.25) is 0 Å². The van der Waals surface area contributed by atoms with Crippen molar-refractivity contribution < 1.29 is 34.1 Å². The number of carboxylic acids is 2. The van der Waals surface area contributed by atoms with E-state index in [4.69, 9.17) is 14.9 Å². The monoisotopic (exact) mass is 258 g/mol. The molecule has 0 aromatic heterocycles. The first kappa shape index (κ1) is 15.9. The molecule has 1 aliphatic rings.